The number of hydroxylamine groups is 1. The minimum atomic E-state index is 0.109. The van der Waals surface area contributed by atoms with Crippen molar-refractivity contribution in [1.29, 1.82) is 0 Å². The van der Waals surface area contributed by atoms with E-state index in [9.17, 15) is 0 Å². The summed E-state index contributed by atoms with van der Waals surface area (Å²) >= 11 is 0. The van der Waals surface area contributed by atoms with Gasteiger partial charge in [-0.1, -0.05) is 32.1 Å². The van der Waals surface area contributed by atoms with E-state index in [1.54, 1.807) is 0 Å². The Labute approximate surface area is 73.9 Å². The first-order valence-corrected chi connectivity index (χ1v) is 4.55. The van der Waals surface area contributed by atoms with Crippen LogP contribution >= 0.6 is 0 Å². The van der Waals surface area contributed by atoms with Gasteiger partial charge in [0, 0.05) is 0 Å². The molecule has 0 fully saturated rings. The Bertz CT molecular complexity index is 196. The van der Waals surface area contributed by atoms with Gasteiger partial charge in [0.2, 0.25) is 0 Å². The monoisotopic (exact) mass is 167 g/mol. The van der Waals surface area contributed by atoms with Crippen molar-refractivity contribution in [2.45, 2.75) is 32.7 Å². The molecule has 0 aliphatic heterocycles. The Balaban J connectivity index is 2.51. The summed E-state index contributed by atoms with van der Waals surface area (Å²) in [6.07, 6.45) is 8.38. The molecule has 1 aliphatic rings. The number of nitrogens with one attached hydrogen (secondary N) is 1. The molecule has 0 aromatic carbocycles. The maximum atomic E-state index is 8.64. The summed E-state index contributed by atoms with van der Waals surface area (Å²) < 4.78 is 0. The molecule has 0 saturated carbocycles. The minimum absolute atomic E-state index is 0.109. The molecule has 2 nitrogen and oxygen atoms in total. The molecule has 2 atom stereocenters. The quantitative estimate of drug-likeness (QED) is 0.632. The molecule has 1 rings (SSSR count). The predicted octanol–water partition coefficient (Wildman–Crippen LogP) is 2.27. The van der Waals surface area contributed by atoms with Crippen LogP contribution in [-0.2, 0) is 0 Å². The zero-order valence-electron chi connectivity index (χ0n) is 7.75. The van der Waals surface area contributed by atoms with Gasteiger partial charge in [-0.25, -0.2) is 0 Å². The van der Waals surface area contributed by atoms with Gasteiger partial charge >= 0.3 is 0 Å². The summed E-state index contributed by atoms with van der Waals surface area (Å²) in [7, 11) is 0. The average Bonchev–Trinajstić information content (AvgIpc) is 2.17. The molecule has 0 aromatic rings. The largest absolute Gasteiger partial charge is 0.316 e. The molecule has 68 valence electrons. The molecule has 0 heterocycles. The number of hydrogen-bond donors (Lipinski definition) is 2. The highest BCUT2D eigenvalue weighted by Gasteiger charge is 2.10. The fourth-order valence-corrected chi connectivity index (χ4v) is 1.33. The van der Waals surface area contributed by atoms with E-state index >= 15 is 0 Å². The number of allylic oxidation sites excluding steroid dienone is 2. The van der Waals surface area contributed by atoms with Crippen LogP contribution in [0.2, 0.25) is 0 Å². The van der Waals surface area contributed by atoms with Crippen LogP contribution in [0.1, 0.15) is 26.7 Å². The standard InChI is InChI=1S/C10H17NO/c1-3-8(2)9-4-6-10(11-12)7-5-9/h4-6,8,10-12H,3,7H2,1-2H3/t8?,10-/m0/s1. The second-order valence-corrected chi connectivity index (χ2v) is 3.34. The van der Waals surface area contributed by atoms with Gasteiger partial charge in [0.25, 0.3) is 0 Å². The molecular formula is C10H17NO. The Morgan fingerprint density at radius 1 is 1.75 bits per heavy atom. The van der Waals surface area contributed by atoms with Crippen LogP contribution in [0, 0.1) is 5.92 Å². The Morgan fingerprint density at radius 2 is 2.50 bits per heavy atom. The van der Waals surface area contributed by atoms with Crippen LogP contribution in [0.25, 0.3) is 0 Å². The second-order valence-electron chi connectivity index (χ2n) is 3.34. The van der Waals surface area contributed by atoms with Crippen LogP contribution < -0.4 is 5.48 Å². The normalized spacial score (nSPS) is 25.2. The smallest absolute Gasteiger partial charge is 0.0537 e. The molecular weight excluding hydrogens is 150 g/mol. The molecule has 0 saturated heterocycles. The zero-order chi connectivity index (χ0) is 8.97. The molecule has 0 bridgehead atoms. The minimum Gasteiger partial charge on any atom is -0.316 e. The fourth-order valence-electron chi connectivity index (χ4n) is 1.33. The topological polar surface area (TPSA) is 32.3 Å². The van der Waals surface area contributed by atoms with Gasteiger partial charge in [-0.05, 0) is 24.3 Å². The highest BCUT2D eigenvalue weighted by Crippen LogP contribution is 2.20. The Morgan fingerprint density at radius 3 is 2.92 bits per heavy atom. The van der Waals surface area contributed by atoms with Crippen molar-refractivity contribution in [3.63, 3.8) is 0 Å². The molecule has 2 heteroatoms. The van der Waals surface area contributed by atoms with Gasteiger partial charge in [0.05, 0.1) is 6.04 Å². The van der Waals surface area contributed by atoms with Crippen LogP contribution in [0.15, 0.2) is 23.8 Å². The van der Waals surface area contributed by atoms with Crippen LogP contribution in [-0.4, -0.2) is 11.2 Å². The van der Waals surface area contributed by atoms with Crippen LogP contribution in [0.4, 0.5) is 0 Å². The van der Waals surface area contributed by atoms with E-state index in [1.807, 2.05) is 6.08 Å². The number of rotatable bonds is 3. The van der Waals surface area contributed by atoms with Crippen molar-refractivity contribution in [3.8, 4) is 0 Å². The van der Waals surface area contributed by atoms with Gasteiger partial charge in [0.1, 0.15) is 0 Å². The first-order chi connectivity index (χ1) is 5.77. The van der Waals surface area contributed by atoms with E-state index in [-0.39, 0.29) is 6.04 Å². The molecule has 0 aromatic heterocycles. The van der Waals surface area contributed by atoms with Crippen LogP contribution in [0.5, 0.6) is 0 Å². The molecule has 0 amide bonds. The molecule has 12 heavy (non-hydrogen) atoms. The first-order valence-electron chi connectivity index (χ1n) is 4.55. The van der Waals surface area contributed by atoms with Gasteiger partial charge < -0.3 is 5.21 Å². The molecule has 1 aliphatic carbocycles. The second kappa shape index (κ2) is 4.43. The maximum Gasteiger partial charge on any atom is 0.0537 e. The van der Waals surface area contributed by atoms with Gasteiger partial charge in [0.15, 0.2) is 0 Å². The van der Waals surface area contributed by atoms with Crippen molar-refractivity contribution < 1.29 is 5.21 Å². The van der Waals surface area contributed by atoms with E-state index < -0.39 is 0 Å². The molecule has 0 spiro atoms. The molecule has 1 unspecified atom stereocenters. The lowest BCUT2D eigenvalue weighted by molar-refractivity contribution is 0.143. The third-order valence-corrected chi connectivity index (χ3v) is 2.48. The summed E-state index contributed by atoms with van der Waals surface area (Å²) in [5.74, 6) is 0.640. The van der Waals surface area contributed by atoms with E-state index in [0.29, 0.717) is 5.92 Å². The predicted molar refractivity (Wildman–Crippen MR) is 50.0 cm³/mol. The third-order valence-electron chi connectivity index (χ3n) is 2.48. The van der Waals surface area contributed by atoms with Crippen molar-refractivity contribution in [2.75, 3.05) is 0 Å². The van der Waals surface area contributed by atoms with Gasteiger partial charge in [-0.2, -0.15) is 5.48 Å². The molecule has 0 radical (unpaired) electrons. The van der Waals surface area contributed by atoms with Crippen molar-refractivity contribution in [1.82, 2.24) is 5.48 Å². The molecule has 2 N–H and O–H groups in total. The van der Waals surface area contributed by atoms with Crippen molar-refractivity contribution in [2.24, 2.45) is 5.92 Å². The van der Waals surface area contributed by atoms with Crippen molar-refractivity contribution >= 4 is 0 Å². The van der Waals surface area contributed by atoms with Gasteiger partial charge in [-0.15, -0.1) is 0 Å². The Kier molecular flexibility index (Phi) is 3.50. The first kappa shape index (κ1) is 9.49. The summed E-state index contributed by atoms with van der Waals surface area (Å²) in [6.45, 7) is 4.42. The Hall–Kier alpha value is -0.600. The highest BCUT2D eigenvalue weighted by atomic mass is 16.5. The lowest BCUT2D eigenvalue weighted by Gasteiger charge is -2.17. The van der Waals surface area contributed by atoms with Crippen molar-refractivity contribution in [3.05, 3.63) is 23.8 Å². The highest BCUT2D eigenvalue weighted by molar-refractivity contribution is 5.26. The van der Waals surface area contributed by atoms with E-state index in [1.165, 1.54) is 12.0 Å². The van der Waals surface area contributed by atoms with Crippen LogP contribution in [0.3, 0.4) is 0 Å². The SMILES string of the molecule is CCC(C)C1=CC[C@@H](NO)C=C1. The maximum absolute atomic E-state index is 8.64. The van der Waals surface area contributed by atoms with E-state index in [2.05, 4.69) is 31.5 Å². The lowest BCUT2D eigenvalue weighted by atomic mass is 9.92. The summed E-state index contributed by atoms with van der Waals surface area (Å²) in [5, 5.41) is 8.64. The van der Waals surface area contributed by atoms with E-state index in [0.717, 1.165) is 6.42 Å². The third kappa shape index (κ3) is 2.19. The average molecular weight is 167 g/mol. The van der Waals surface area contributed by atoms with E-state index in [4.69, 9.17) is 5.21 Å². The number of hydrogen-bond acceptors (Lipinski definition) is 2. The lowest BCUT2D eigenvalue weighted by Crippen LogP contribution is -2.24. The fraction of sp³-hybridized carbons (Fsp3) is 0.600. The zero-order valence-corrected chi connectivity index (χ0v) is 7.75. The summed E-state index contributed by atoms with van der Waals surface area (Å²) in [4.78, 5) is 0. The summed E-state index contributed by atoms with van der Waals surface area (Å²) in [5.41, 5.74) is 3.64. The van der Waals surface area contributed by atoms with Gasteiger partial charge in [-0.3, -0.25) is 0 Å². The summed E-state index contributed by atoms with van der Waals surface area (Å²) in [6, 6.07) is 0.109.